The van der Waals surface area contributed by atoms with Crippen LogP contribution >= 0.6 is 0 Å². The van der Waals surface area contributed by atoms with E-state index in [1.807, 2.05) is 16.9 Å². The summed E-state index contributed by atoms with van der Waals surface area (Å²) in [6.07, 6.45) is 8.77. The summed E-state index contributed by atoms with van der Waals surface area (Å²) >= 11 is 0. The highest BCUT2D eigenvalue weighted by atomic mass is 16.2. The molecular formula is C13H20N4O. The van der Waals surface area contributed by atoms with Crippen molar-refractivity contribution in [1.82, 2.24) is 20.4 Å². The van der Waals surface area contributed by atoms with E-state index < -0.39 is 5.54 Å². The molecule has 18 heavy (non-hydrogen) atoms. The number of piperidine rings is 1. The summed E-state index contributed by atoms with van der Waals surface area (Å²) in [7, 11) is 0. The largest absolute Gasteiger partial charge is 0.351 e. The zero-order valence-electron chi connectivity index (χ0n) is 10.6. The highest BCUT2D eigenvalue weighted by Gasteiger charge is 2.42. The highest BCUT2D eigenvalue weighted by Crippen LogP contribution is 2.28. The molecule has 98 valence electrons. The van der Waals surface area contributed by atoms with Crippen LogP contribution in [0.4, 0.5) is 0 Å². The Kier molecular flexibility index (Phi) is 3.07. The first kappa shape index (κ1) is 11.7. The number of aromatic nitrogens is 2. The van der Waals surface area contributed by atoms with E-state index in [0.29, 0.717) is 6.04 Å². The molecule has 1 saturated heterocycles. The van der Waals surface area contributed by atoms with Gasteiger partial charge in [0.05, 0.1) is 0 Å². The van der Waals surface area contributed by atoms with Crippen molar-refractivity contribution in [3.05, 3.63) is 18.5 Å². The summed E-state index contributed by atoms with van der Waals surface area (Å²) in [5.41, 5.74) is -0.482. The summed E-state index contributed by atoms with van der Waals surface area (Å²) in [5, 5.41) is 10.8. The van der Waals surface area contributed by atoms with Crippen LogP contribution in [0.2, 0.25) is 0 Å². The molecule has 0 atom stereocenters. The lowest BCUT2D eigenvalue weighted by Gasteiger charge is -2.39. The molecule has 1 aliphatic carbocycles. The average Bonchev–Trinajstić information content (AvgIpc) is 2.88. The molecule has 1 aromatic rings. The van der Waals surface area contributed by atoms with E-state index in [4.69, 9.17) is 0 Å². The van der Waals surface area contributed by atoms with E-state index in [2.05, 4.69) is 15.7 Å². The van der Waals surface area contributed by atoms with Crippen LogP contribution < -0.4 is 10.6 Å². The molecule has 0 spiro atoms. The molecule has 2 heterocycles. The van der Waals surface area contributed by atoms with Crippen molar-refractivity contribution in [2.45, 2.75) is 43.7 Å². The van der Waals surface area contributed by atoms with Crippen LogP contribution in [0.1, 0.15) is 32.1 Å². The standard InChI is InChI=1S/C13H20N4O/c18-12(16-11-3-1-4-11)13(5-8-14-9-6-13)17-10-2-7-15-17/h2,7,10-11,14H,1,3-6,8-9H2,(H,16,18). The molecule has 5 heteroatoms. The van der Waals surface area contributed by atoms with E-state index in [-0.39, 0.29) is 5.91 Å². The molecule has 1 aromatic heterocycles. The normalized spacial score (nSPS) is 23.3. The minimum atomic E-state index is -0.482. The highest BCUT2D eigenvalue weighted by molar-refractivity contribution is 5.84. The van der Waals surface area contributed by atoms with Crippen molar-refractivity contribution in [3.63, 3.8) is 0 Å². The second kappa shape index (κ2) is 4.72. The van der Waals surface area contributed by atoms with Gasteiger partial charge in [-0.05, 0) is 51.3 Å². The van der Waals surface area contributed by atoms with Crippen LogP contribution in [0.15, 0.2) is 18.5 Å². The zero-order valence-corrected chi connectivity index (χ0v) is 10.6. The molecule has 1 saturated carbocycles. The Morgan fingerprint density at radius 2 is 2.17 bits per heavy atom. The molecule has 1 amide bonds. The number of hydrogen-bond acceptors (Lipinski definition) is 3. The topological polar surface area (TPSA) is 59.0 Å². The molecular weight excluding hydrogens is 228 g/mol. The van der Waals surface area contributed by atoms with Gasteiger partial charge in [0.25, 0.3) is 0 Å². The summed E-state index contributed by atoms with van der Waals surface area (Å²) in [6.45, 7) is 1.75. The number of nitrogens with one attached hydrogen (secondary N) is 2. The summed E-state index contributed by atoms with van der Waals surface area (Å²) in [6, 6.07) is 2.28. The predicted octanol–water partition coefficient (Wildman–Crippen LogP) is 0.630. The van der Waals surface area contributed by atoms with E-state index >= 15 is 0 Å². The molecule has 5 nitrogen and oxygen atoms in total. The minimum Gasteiger partial charge on any atom is -0.351 e. The molecule has 3 rings (SSSR count). The fraction of sp³-hybridized carbons (Fsp3) is 0.692. The lowest BCUT2D eigenvalue weighted by Crippen LogP contribution is -2.57. The van der Waals surface area contributed by atoms with Gasteiger partial charge in [0, 0.05) is 18.4 Å². The van der Waals surface area contributed by atoms with Gasteiger partial charge in [0.1, 0.15) is 5.54 Å². The number of amides is 1. The van der Waals surface area contributed by atoms with Crippen LogP contribution in [0.5, 0.6) is 0 Å². The third-order valence-corrected chi connectivity index (χ3v) is 4.24. The Bertz CT molecular complexity index is 405. The van der Waals surface area contributed by atoms with E-state index in [1.54, 1.807) is 6.20 Å². The van der Waals surface area contributed by atoms with Gasteiger partial charge < -0.3 is 10.6 Å². The SMILES string of the molecule is O=C(NC1CCC1)C1(n2cccn2)CCNCC1. The minimum absolute atomic E-state index is 0.150. The van der Waals surface area contributed by atoms with Crippen molar-refractivity contribution in [1.29, 1.82) is 0 Å². The lowest BCUT2D eigenvalue weighted by atomic mass is 9.85. The Hall–Kier alpha value is -1.36. The van der Waals surface area contributed by atoms with Crippen LogP contribution in [-0.4, -0.2) is 34.8 Å². The van der Waals surface area contributed by atoms with Gasteiger partial charge >= 0.3 is 0 Å². The molecule has 0 bridgehead atoms. The Morgan fingerprint density at radius 3 is 2.72 bits per heavy atom. The second-order valence-corrected chi connectivity index (χ2v) is 5.33. The van der Waals surface area contributed by atoms with Crippen molar-refractivity contribution < 1.29 is 4.79 Å². The molecule has 0 radical (unpaired) electrons. The van der Waals surface area contributed by atoms with Gasteiger partial charge in [-0.25, -0.2) is 0 Å². The van der Waals surface area contributed by atoms with Crippen molar-refractivity contribution in [3.8, 4) is 0 Å². The monoisotopic (exact) mass is 248 g/mol. The smallest absolute Gasteiger partial charge is 0.248 e. The number of hydrogen-bond donors (Lipinski definition) is 2. The Morgan fingerprint density at radius 1 is 1.39 bits per heavy atom. The van der Waals surface area contributed by atoms with Crippen LogP contribution in [0, 0.1) is 0 Å². The Balaban J connectivity index is 1.82. The molecule has 2 fully saturated rings. The van der Waals surface area contributed by atoms with Crippen LogP contribution in [-0.2, 0) is 10.3 Å². The number of carbonyl (C=O) groups is 1. The predicted molar refractivity (Wildman–Crippen MR) is 68.1 cm³/mol. The van der Waals surface area contributed by atoms with Crippen LogP contribution in [0.25, 0.3) is 0 Å². The second-order valence-electron chi connectivity index (χ2n) is 5.33. The van der Waals surface area contributed by atoms with Gasteiger partial charge in [-0.15, -0.1) is 0 Å². The maximum Gasteiger partial charge on any atom is 0.248 e. The zero-order chi connectivity index (χ0) is 12.4. The van der Waals surface area contributed by atoms with Crippen molar-refractivity contribution in [2.75, 3.05) is 13.1 Å². The summed E-state index contributed by atoms with van der Waals surface area (Å²) in [5.74, 6) is 0.150. The molecule has 2 N–H and O–H groups in total. The molecule has 1 aliphatic heterocycles. The summed E-state index contributed by atoms with van der Waals surface area (Å²) < 4.78 is 1.85. The fourth-order valence-corrected chi connectivity index (χ4v) is 2.79. The maximum absolute atomic E-state index is 12.6. The van der Waals surface area contributed by atoms with E-state index in [9.17, 15) is 4.79 Å². The Labute approximate surface area is 107 Å². The first-order chi connectivity index (χ1) is 8.81. The van der Waals surface area contributed by atoms with Crippen molar-refractivity contribution in [2.24, 2.45) is 0 Å². The first-order valence-electron chi connectivity index (χ1n) is 6.83. The lowest BCUT2D eigenvalue weighted by molar-refractivity contribution is -0.133. The van der Waals surface area contributed by atoms with Gasteiger partial charge in [0.15, 0.2) is 0 Å². The quantitative estimate of drug-likeness (QED) is 0.825. The third-order valence-electron chi connectivity index (χ3n) is 4.24. The number of carbonyl (C=O) groups excluding carboxylic acids is 1. The van der Waals surface area contributed by atoms with Gasteiger partial charge in [-0.2, -0.15) is 5.10 Å². The third kappa shape index (κ3) is 1.92. The van der Waals surface area contributed by atoms with E-state index in [1.165, 1.54) is 6.42 Å². The number of nitrogens with zero attached hydrogens (tertiary/aromatic N) is 2. The molecule has 0 aromatic carbocycles. The first-order valence-corrected chi connectivity index (χ1v) is 6.83. The molecule has 2 aliphatic rings. The maximum atomic E-state index is 12.6. The van der Waals surface area contributed by atoms with Gasteiger partial charge in [-0.3, -0.25) is 9.48 Å². The summed E-state index contributed by atoms with van der Waals surface area (Å²) in [4.78, 5) is 12.6. The van der Waals surface area contributed by atoms with Gasteiger partial charge in [-0.1, -0.05) is 0 Å². The van der Waals surface area contributed by atoms with Crippen molar-refractivity contribution >= 4 is 5.91 Å². The van der Waals surface area contributed by atoms with E-state index in [0.717, 1.165) is 38.8 Å². The number of rotatable bonds is 3. The molecule has 0 unspecified atom stereocenters. The average molecular weight is 248 g/mol. The van der Waals surface area contributed by atoms with Crippen LogP contribution in [0.3, 0.4) is 0 Å². The van der Waals surface area contributed by atoms with Gasteiger partial charge in [0.2, 0.25) is 5.91 Å². The fourth-order valence-electron chi connectivity index (χ4n) is 2.79.